The van der Waals surface area contributed by atoms with Gasteiger partial charge in [-0.2, -0.15) is 0 Å². The summed E-state index contributed by atoms with van der Waals surface area (Å²) in [5.41, 5.74) is 5.19. The summed E-state index contributed by atoms with van der Waals surface area (Å²) in [6, 6.07) is 44.2. The second-order valence-electron chi connectivity index (χ2n) is 9.12. The van der Waals surface area contributed by atoms with E-state index in [1.54, 1.807) is 0 Å². The van der Waals surface area contributed by atoms with Gasteiger partial charge in [-0.05, 0) is 43.8 Å². The molecule has 0 aliphatic rings. The lowest BCUT2D eigenvalue weighted by Crippen LogP contribution is -2.07. The standard InChI is InChI=1S/C34H26O2/c35-33(25-13-3-1-4-14-25)31-27-17-9-7-11-23(27)19-21-29(31)30-22-20-24-12-8-10-18-28(24)32(30)34(36)26-15-5-2-6-16-26/h1-22,33-36H. The number of fused-ring (bicyclic) bond motifs is 2. The highest BCUT2D eigenvalue weighted by atomic mass is 16.3. The van der Waals surface area contributed by atoms with E-state index in [2.05, 4.69) is 48.5 Å². The van der Waals surface area contributed by atoms with Gasteiger partial charge in [0, 0.05) is 11.1 Å². The van der Waals surface area contributed by atoms with Crippen molar-refractivity contribution in [2.24, 2.45) is 0 Å². The van der Waals surface area contributed by atoms with Crippen molar-refractivity contribution < 1.29 is 10.2 Å². The van der Waals surface area contributed by atoms with E-state index in [-0.39, 0.29) is 0 Å². The summed E-state index contributed by atoms with van der Waals surface area (Å²) < 4.78 is 0. The molecule has 0 saturated carbocycles. The third kappa shape index (κ3) is 3.87. The average molecular weight is 467 g/mol. The summed E-state index contributed by atoms with van der Waals surface area (Å²) in [4.78, 5) is 0. The Morgan fingerprint density at radius 3 is 1.14 bits per heavy atom. The highest BCUT2D eigenvalue weighted by Crippen LogP contribution is 2.43. The summed E-state index contributed by atoms with van der Waals surface area (Å²) in [5.74, 6) is 0. The van der Waals surface area contributed by atoms with Crippen LogP contribution in [-0.4, -0.2) is 10.2 Å². The van der Waals surface area contributed by atoms with Crippen molar-refractivity contribution in [3.63, 3.8) is 0 Å². The second kappa shape index (κ2) is 9.43. The van der Waals surface area contributed by atoms with Crippen LogP contribution in [0.3, 0.4) is 0 Å². The van der Waals surface area contributed by atoms with Crippen LogP contribution in [0.25, 0.3) is 32.7 Å². The molecular formula is C34H26O2. The van der Waals surface area contributed by atoms with Crippen LogP contribution < -0.4 is 0 Å². The van der Waals surface area contributed by atoms with Crippen molar-refractivity contribution >= 4 is 21.5 Å². The van der Waals surface area contributed by atoms with E-state index in [1.807, 2.05) is 84.9 Å². The molecule has 6 aromatic rings. The van der Waals surface area contributed by atoms with Crippen molar-refractivity contribution in [2.75, 3.05) is 0 Å². The Morgan fingerprint density at radius 2 is 0.722 bits per heavy atom. The second-order valence-corrected chi connectivity index (χ2v) is 9.12. The van der Waals surface area contributed by atoms with E-state index in [9.17, 15) is 10.2 Å². The normalized spacial score (nSPS) is 13.1. The van der Waals surface area contributed by atoms with Crippen LogP contribution in [0.15, 0.2) is 133 Å². The van der Waals surface area contributed by atoms with Crippen molar-refractivity contribution in [2.45, 2.75) is 12.2 Å². The lowest BCUT2D eigenvalue weighted by molar-refractivity contribution is 0.220. The number of aliphatic hydroxyl groups excluding tert-OH is 2. The fourth-order valence-electron chi connectivity index (χ4n) is 5.25. The molecule has 36 heavy (non-hydrogen) atoms. The molecule has 0 saturated heterocycles. The monoisotopic (exact) mass is 466 g/mol. The average Bonchev–Trinajstić information content (AvgIpc) is 2.96. The summed E-state index contributed by atoms with van der Waals surface area (Å²) >= 11 is 0. The van der Waals surface area contributed by atoms with Gasteiger partial charge >= 0.3 is 0 Å². The molecule has 174 valence electrons. The largest absolute Gasteiger partial charge is 0.384 e. The topological polar surface area (TPSA) is 40.5 Å². The van der Waals surface area contributed by atoms with Crippen LogP contribution >= 0.6 is 0 Å². The van der Waals surface area contributed by atoms with Crippen LogP contribution in [0.1, 0.15) is 34.5 Å². The zero-order chi connectivity index (χ0) is 24.5. The van der Waals surface area contributed by atoms with Gasteiger partial charge in [-0.25, -0.2) is 0 Å². The third-order valence-electron chi connectivity index (χ3n) is 7.01. The van der Waals surface area contributed by atoms with Crippen molar-refractivity contribution in [3.8, 4) is 11.1 Å². The first kappa shape index (κ1) is 22.2. The number of aliphatic hydroxyl groups is 2. The Morgan fingerprint density at radius 1 is 0.361 bits per heavy atom. The maximum absolute atomic E-state index is 11.7. The molecule has 0 radical (unpaired) electrons. The Labute approximate surface area is 210 Å². The van der Waals surface area contributed by atoms with Crippen molar-refractivity contribution in [1.82, 2.24) is 0 Å². The molecule has 0 aromatic heterocycles. The van der Waals surface area contributed by atoms with Gasteiger partial charge in [0.15, 0.2) is 0 Å². The van der Waals surface area contributed by atoms with E-state index in [4.69, 9.17) is 0 Å². The summed E-state index contributed by atoms with van der Waals surface area (Å²) in [6.07, 6.45) is -1.64. The third-order valence-corrected chi connectivity index (χ3v) is 7.01. The van der Waals surface area contributed by atoms with E-state index in [0.29, 0.717) is 0 Å². The van der Waals surface area contributed by atoms with Crippen LogP contribution in [0, 0.1) is 0 Å². The summed E-state index contributed by atoms with van der Waals surface area (Å²) in [7, 11) is 0. The molecule has 0 aliphatic carbocycles. The minimum Gasteiger partial charge on any atom is -0.384 e. The first-order chi connectivity index (χ1) is 17.7. The van der Waals surface area contributed by atoms with E-state index >= 15 is 0 Å². The molecule has 2 unspecified atom stereocenters. The van der Waals surface area contributed by atoms with Crippen LogP contribution in [0.4, 0.5) is 0 Å². The first-order valence-electron chi connectivity index (χ1n) is 12.2. The van der Waals surface area contributed by atoms with E-state index in [1.165, 1.54) is 0 Å². The van der Waals surface area contributed by atoms with Gasteiger partial charge in [0.2, 0.25) is 0 Å². The lowest BCUT2D eigenvalue weighted by atomic mass is 9.83. The van der Waals surface area contributed by atoms with Crippen LogP contribution in [0.5, 0.6) is 0 Å². The predicted octanol–water partition coefficient (Wildman–Crippen LogP) is 7.82. The molecule has 2 N–H and O–H groups in total. The minimum absolute atomic E-state index is 0.819. The molecule has 0 amide bonds. The SMILES string of the molecule is OC(c1ccccc1)c1c(-c2ccc3ccccc3c2C(O)c2ccccc2)ccc2ccccc12. The number of hydrogen-bond acceptors (Lipinski definition) is 2. The number of rotatable bonds is 5. The van der Waals surface area contributed by atoms with Gasteiger partial charge < -0.3 is 10.2 Å². The Bertz CT molecular complexity index is 1530. The summed E-state index contributed by atoms with van der Waals surface area (Å²) in [6.45, 7) is 0. The van der Waals surface area contributed by atoms with Gasteiger partial charge in [0.05, 0.1) is 0 Å². The maximum atomic E-state index is 11.7. The maximum Gasteiger partial charge on any atom is 0.105 e. The highest BCUT2D eigenvalue weighted by Gasteiger charge is 2.24. The summed E-state index contributed by atoms with van der Waals surface area (Å²) in [5, 5.41) is 27.6. The van der Waals surface area contributed by atoms with Crippen molar-refractivity contribution in [3.05, 3.63) is 156 Å². The molecule has 0 aliphatic heterocycles. The van der Waals surface area contributed by atoms with Gasteiger partial charge in [0.1, 0.15) is 12.2 Å². The van der Waals surface area contributed by atoms with Gasteiger partial charge in [-0.1, -0.05) is 133 Å². The number of hydrogen-bond donors (Lipinski definition) is 2. The molecular weight excluding hydrogens is 440 g/mol. The minimum atomic E-state index is -0.819. The molecule has 6 rings (SSSR count). The van der Waals surface area contributed by atoms with Gasteiger partial charge in [0.25, 0.3) is 0 Å². The Hall–Kier alpha value is -4.24. The molecule has 0 bridgehead atoms. The molecule has 0 fully saturated rings. The molecule has 6 aromatic carbocycles. The van der Waals surface area contributed by atoms with E-state index in [0.717, 1.165) is 54.9 Å². The van der Waals surface area contributed by atoms with Crippen LogP contribution in [0.2, 0.25) is 0 Å². The molecule has 2 nitrogen and oxygen atoms in total. The highest BCUT2D eigenvalue weighted by molar-refractivity contribution is 5.97. The van der Waals surface area contributed by atoms with Gasteiger partial charge in [-0.15, -0.1) is 0 Å². The molecule has 0 heterocycles. The first-order valence-corrected chi connectivity index (χ1v) is 12.2. The smallest absolute Gasteiger partial charge is 0.105 e. The van der Waals surface area contributed by atoms with Gasteiger partial charge in [-0.3, -0.25) is 0 Å². The number of benzene rings is 6. The quantitative estimate of drug-likeness (QED) is 0.272. The Kier molecular flexibility index (Phi) is 5.82. The molecule has 0 spiro atoms. The zero-order valence-electron chi connectivity index (χ0n) is 19.8. The predicted molar refractivity (Wildman–Crippen MR) is 148 cm³/mol. The Balaban J connectivity index is 1.67. The zero-order valence-corrected chi connectivity index (χ0v) is 19.8. The molecule has 2 heteroatoms. The fourth-order valence-corrected chi connectivity index (χ4v) is 5.25. The fraction of sp³-hybridized carbons (Fsp3) is 0.0588. The van der Waals surface area contributed by atoms with Crippen LogP contribution in [-0.2, 0) is 0 Å². The van der Waals surface area contributed by atoms with Crippen molar-refractivity contribution in [1.29, 1.82) is 0 Å². The lowest BCUT2D eigenvalue weighted by Gasteiger charge is -2.24. The molecule has 2 atom stereocenters. The van der Waals surface area contributed by atoms with E-state index < -0.39 is 12.2 Å².